The maximum absolute atomic E-state index is 12.9. The molecule has 0 saturated carbocycles. The van der Waals surface area contributed by atoms with Crippen LogP contribution in [0.1, 0.15) is 32.3 Å². The molecule has 6 nitrogen and oxygen atoms in total. The smallest absolute Gasteiger partial charge is 0.228 e. The molecule has 0 saturated heterocycles. The van der Waals surface area contributed by atoms with Crippen LogP contribution in [0.25, 0.3) is 0 Å². The van der Waals surface area contributed by atoms with Crippen LogP contribution < -0.4 is 10.6 Å². The largest absolute Gasteiger partial charge is 0.338 e. The minimum Gasteiger partial charge on any atom is -0.338 e. The van der Waals surface area contributed by atoms with Crippen molar-refractivity contribution < 1.29 is 8.42 Å². The fourth-order valence-corrected chi connectivity index (χ4v) is 4.83. The SMILES string of the molecule is CC(C)S(=O)(=O)c1ccc2cc1Nc1nc(ncc1Cl)NC1=CC=CC(CC2)C1. The van der Waals surface area contributed by atoms with E-state index < -0.39 is 15.1 Å². The third-order valence-corrected chi connectivity index (χ3v) is 7.69. The Morgan fingerprint density at radius 3 is 2.86 bits per heavy atom. The lowest BCUT2D eigenvalue weighted by Crippen LogP contribution is -2.16. The molecule has 1 aromatic carbocycles. The van der Waals surface area contributed by atoms with Crippen LogP contribution >= 0.6 is 11.6 Å². The number of hydrogen-bond acceptors (Lipinski definition) is 6. The van der Waals surface area contributed by atoms with Gasteiger partial charge in [0.1, 0.15) is 5.02 Å². The molecule has 1 atom stereocenters. The van der Waals surface area contributed by atoms with Crippen LogP contribution in [-0.2, 0) is 16.3 Å². The molecule has 2 heterocycles. The summed E-state index contributed by atoms with van der Waals surface area (Å²) in [6.07, 6.45) is 10.5. The average molecular weight is 431 g/mol. The zero-order valence-corrected chi connectivity index (χ0v) is 17.9. The average Bonchev–Trinajstić information content (AvgIpc) is 2.69. The van der Waals surface area contributed by atoms with E-state index in [4.69, 9.17) is 11.6 Å². The van der Waals surface area contributed by atoms with Crippen LogP contribution in [0.2, 0.25) is 5.02 Å². The van der Waals surface area contributed by atoms with Gasteiger partial charge in [-0.2, -0.15) is 4.98 Å². The van der Waals surface area contributed by atoms with Gasteiger partial charge in [0, 0.05) is 5.70 Å². The highest BCUT2D eigenvalue weighted by Crippen LogP contribution is 2.33. The molecule has 8 heteroatoms. The second-order valence-electron chi connectivity index (χ2n) is 7.64. The number of hydrogen-bond donors (Lipinski definition) is 2. The fraction of sp³-hybridized carbons (Fsp3) is 0.333. The Morgan fingerprint density at radius 2 is 2.07 bits per heavy atom. The Bertz CT molecular complexity index is 1110. The van der Waals surface area contributed by atoms with Gasteiger partial charge in [-0.3, -0.25) is 0 Å². The fourth-order valence-electron chi connectivity index (χ4n) is 3.51. The maximum atomic E-state index is 12.9. The van der Waals surface area contributed by atoms with Crippen molar-refractivity contribution in [2.75, 3.05) is 10.6 Å². The van der Waals surface area contributed by atoms with Gasteiger partial charge in [0.15, 0.2) is 15.7 Å². The predicted octanol–water partition coefficient (Wildman–Crippen LogP) is 4.87. The van der Waals surface area contributed by atoms with Gasteiger partial charge in [0.25, 0.3) is 0 Å². The standard InChI is InChI=1S/C21H23ClN4O2S/c1-13(2)29(27,28)19-9-8-15-7-6-14-4-3-5-16(10-14)24-21-23-12-17(22)20(26-21)25-18(19)11-15/h3-5,8-9,11-14H,6-7,10H2,1-2H3,(H2,23,24,25,26). The van der Waals surface area contributed by atoms with Gasteiger partial charge in [-0.05, 0) is 62.8 Å². The highest BCUT2D eigenvalue weighted by Gasteiger charge is 2.24. The molecule has 152 valence electrons. The Kier molecular flexibility index (Phi) is 5.36. The van der Waals surface area contributed by atoms with Crippen molar-refractivity contribution in [1.82, 2.24) is 9.97 Å². The minimum atomic E-state index is -3.48. The number of rotatable bonds is 2. The third-order valence-electron chi connectivity index (χ3n) is 5.21. The van der Waals surface area contributed by atoms with Crippen molar-refractivity contribution >= 4 is 38.9 Å². The summed E-state index contributed by atoms with van der Waals surface area (Å²) in [6, 6.07) is 5.47. The summed E-state index contributed by atoms with van der Waals surface area (Å²) in [5.74, 6) is 1.18. The summed E-state index contributed by atoms with van der Waals surface area (Å²) >= 11 is 6.31. The molecule has 2 aliphatic rings. The van der Waals surface area contributed by atoms with Crippen molar-refractivity contribution in [1.29, 1.82) is 0 Å². The summed E-state index contributed by atoms with van der Waals surface area (Å²) < 4.78 is 25.8. The number of sulfone groups is 1. The van der Waals surface area contributed by atoms with E-state index in [2.05, 4.69) is 32.8 Å². The highest BCUT2D eigenvalue weighted by molar-refractivity contribution is 7.92. The van der Waals surface area contributed by atoms with E-state index in [9.17, 15) is 8.42 Å². The van der Waals surface area contributed by atoms with Crippen molar-refractivity contribution in [3.8, 4) is 0 Å². The molecule has 0 fully saturated rings. The summed E-state index contributed by atoms with van der Waals surface area (Å²) in [4.78, 5) is 8.99. The van der Waals surface area contributed by atoms with Gasteiger partial charge in [0.2, 0.25) is 5.95 Å². The van der Waals surface area contributed by atoms with Gasteiger partial charge >= 0.3 is 0 Å². The summed E-state index contributed by atoms with van der Waals surface area (Å²) in [5, 5.41) is 6.18. The van der Waals surface area contributed by atoms with Gasteiger partial charge in [-0.15, -0.1) is 0 Å². The van der Waals surface area contributed by atoms with Gasteiger partial charge in [0.05, 0.1) is 22.0 Å². The molecule has 0 radical (unpaired) electrons. The number of benzene rings is 1. The normalized spacial score (nSPS) is 18.6. The van der Waals surface area contributed by atoms with Crippen molar-refractivity contribution in [2.24, 2.45) is 5.92 Å². The first-order chi connectivity index (χ1) is 13.8. The minimum absolute atomic E-state index is 0.247. The van der Waals surface area contributed by atoms with Crippen molar-refractivity contribution in [2.45, 2.75) is 43.3 Å². The number of fused-ring (bicyclic) bond motifs is 6. The lowest BCUT2D eigenvalue weighted by molar-refractivity contribution is 0.579. The van der Waals surface area contributed by atoms with E-state index in [1.165, 1.54) is 6.20 Å². The molecule has 1 aromatic heterocycles. The lowest BCUT2D eigenvalue weighted by atomic mass is 9.92. The molecule has 1 aliphatic carbocycles. The molecular formula is C21H23ClN4O2S. The molecule has 0 amide bonds. The molecule has 2 aromatic rings. The maximum Gasteiger partial charge on any atom is 0.228 e. The molecule has 4 rings (SSSR count). The lowest BCUT2D eigenvalue weighted by Gasteiger charge is -2.19. The Morgan fingerprint density at radius 1 is 1.24 bits per heavy atom. The zero-order chi connectivity index (χ0) is 20.6. The van der Waals surface area contributed by atoms with Crippen LogP contribution in [0.5, 0.6) is 0 Å². The van der Waals surface area contributed by atoms with Crippen LogP contribution in [-0.4, -0.2) is 23.6 Å². The third kappa shape index (κ3) is 4.16. The number of aryl methyl sites for hydroxylation is 1. The Hall–Kier alpha value is -2.38. The first kappa shape index (κ1) is 19.9. The number of aromatic nitrogens is 2. The first-order valence-corrected chi connectivity index (χ1v) is 11.6. The van der Waals surface area contributed by atoms with Gasteiger partial charge in [-0.25, -0.2) is 13.4 Å². The second-order valence-corrected chi connectivity index (χ2v) is 10.5. The Balaban J connectivity index is 1.85. The van der Waals surface area contributed by atoms with Gasteiger partial charge in [-0.1, -0.05) is 29.8 Å². The second kappa shape index (κ2) is 7.80. The van der Waals surface area contributed by atoms with Crippen molar-refractivity contribution in [3.05, 3.63) is 58.9 Å². The van der Waals surface area contributed by atoms with E-state index in [-0.39, 0.29) is 4.90 Å². The van der Waals surface area contributed by atoms with Crippen LogP contribution in [0, 0.1) is 5.92 Å². The van der Waals surface area contributed by atoms with Crippen LogP contribution in [0.15, 0.2) is 53.2 Å². The van der Waals surface area contributed by atoms with E-state index in [0.717, 1.165) is 30.5 Å². The summed E-state index contributed by atoms with van der Waals surface area (Å²) in [6.45, 7) is 3.35. The van der Waals surface area contributed by atoms with E-state index >= 15 is 0 Å². The monoisotopic (exact) mass is 430 g/mol. The van der Waals surface area contributed by atoms with Crippen molar-refractivity contribution in [3.63, 3.8) is 0 Å². The van der Waals surface area contributed by atoms with Crippen LogP contribution in [0.4, 0.5) is 17.5 Å². The molecule has 6 bridgehead atoms. The molecular weight excluding hydrogens is 408 g/mol. The molecule has 1 unspecified atom stereocenters. The summed E-state index contributed by atoms with van der Waals surface area (Å²) in [5.41, 5.74) is 2.59. The quantitative estimate of drug-likeness (QED) is 0.706. The topological polar surface area (TPSA) is 84.0 Å². The number of nitrogens with zero attached hydrogens (tertiary/aromatic N) is 2. The van der Waals surface area contributed by atoms with E-state index in [1.54, 1.807) is 19.9 Å². The number of anilines is 3. The van der Waals surface area contributed by atoms with E-state index in [0.29, 0.717) is 28.4 Å². The number of halogens is 1. The van der Waals surface area contributed by atoms with Crippen LogP contribution in [0.3, 0.4) is 0 Å². The first-order valence-electron chi connectivity index (χ1n) is 9.63. The molecule has 2 N–H and O–H groups in total. The number of nitrogens with one attached hydrogen (secondary N) is 2. The Labute approximate surface area is 176 Å². The zero-order valence-electron chi connectivity index (χ0n) is 16.3. The molecule has 1 aliphatic heterocycles. The number of allylic oxidation sites excluding steroid dienone is 4. The summed E-state index contributed by atoms with van der Waals surface area (Å²) in [7, 11) is -3.48. The predicted molar refractivity (Wildman–Crippen MR) is 116 cm³/mol. The van der Waals surface area contributed by atoms with Gasteiger partial charge < -0.3 is 10.6 Å². The molecule has 0 spiro atoms. The molecule has 29 heavy (non-hydrogen) atoms. The van der Waals surface area contributed by atoms with E-state index in [1.807, 2.05) is 18.2 Å². The highest BCUT2D eigenvalue weighted by atomic mass is 35.5.